The molecule has 0 saturated heterocycles. The molecule has 0 heterocycles. The number of anilines is 1. The molecule has 27 heavy (non-hydrogen) atoms. The molecule has 0 aromatic heterocycles. The molecule has 3 aromatic carbocycles. The van der Waals surface area contributed by atoms with E-state index < -0.39 is 11.9 Å². The Morgan fingerprint density at radius 2 is 1.56 bits per heavy atom. The van der Waals surface area contributed by atoms with Gasteiger partial charge in [-0.15, -0.1) is 0 Å². The van der Waals surface area contributed by atoms with Crippen molar-refractivity contribution in [3.63, 3.8) is 0 Å². The van der Waals surface area contributed by atoms with Crippen molar-refractivity contribution in [1.29, 1.82) is 0 Å². The van der Waals surface area contributed by atoms with Gasteiger partial charge in [0.15, 0.2) is 0 Å². The van der Waals surface area contributed by atoms with E-state index in [1.165, 1.54) is 24.3 Å². The lowest BCUT2D eigenvalue weighted by Crippen LogP contribution is -2.12. The van der Waals surface area contributed by atoms with Crippen molar-refractivity contribution in [2.75, 3.05) is 5.32 Å². The number of carboxylic acid groups (broad SMARTS) is 1. The molecule has 3 rings (SSSR count). The number of carbonyl (C=O) groups is 2. The molecule has 4 nitrogen and oxygen atoms in total. The van der Waals surface area contributed by atoms with Gasteiger partial charge in [0.2, 0.25) is 5.91 Å². The van der Waals surface area contributed by atoms with Gasteiger partial charge in [0.1, 0.15) is 0 Å². The molecule has 0 aliphatic heterocycles. The first kappa shape index (κ1) is 18.4. The van der Waals surface area contributed by atoms with Gasteiger partial charge in [-0.1, -0.05) is 66.2 Å². The SMILES string of the molecule is O=C(/C=C/c1ccc(-c2ccccc2)cc1)Nc1cc(Cl)ccc1C(=O)O. The Morgan fingerprint density at radius 1 is 0.889 bits per heavy atom. The van der Waals surface area contributed by atoms with Crippen molar-refractivity contribution in [2.45, 2.75) is 0 Å². The first-order valence-electron chi connectivity index (χ1n) is 8.20. The summed E-state index contributed by atoms with van der Waals surface area (Å²) in [4.78, 5) is 23.4. The van der Waals surface area contributed by atoms with E-state index in [0.717, 1.165) is 16.7 Å². The molecule has 134 valence electrons. The molecule has 0 saturated carbocycles. The van der Waals surface area contributed by atoms with Crippen molar-refractivity contribution in [2.24, 2.45) is 0 Å². The maximum atomic E-state index is 12.1. The van der Waals surface area contributed by atoms with E-state index in [4.69, 9.17) is 11.6 Å². The molecule has 1 amide bonds. The Labute approximate surface area is 161 Å². The van der Waals surface area contributed by atoms with Crippen molar-refractivity contribution in [3.8, 4) is 11.1 Å². The Bertz CT molecular complexity index is 996. The third-order valence-electron chi connectivity index (χ3n) is 3.91. The van der Waals surface area contributed by atoms with Gasteiger partial charge in [-0.2, -0.15) is 0 Å². The summed E-state index contributed by atoms with van der Waals surface area (Å²) in [6.45, 7) is 0. The summed E-state index contributed by atoms with van der Waals surface area (Å²) < 4.78 is 0. The van der Waals surface area contributed by atoms with Gasteiger partial charge in [-0.25, -0.2) is 4.79 Å². The summed E-state index contributed by atoms with van der Waals surface area (Å²) in [7, 11) is 0. The number of rotatable bonds is 5. The molecule has 0 unspecified atom stereocenters. The largest absolute Gasteiger partial charge is 0.478 e. The van der Waals surface area contributed by atoms with Crippen LogP contribution in [0, 0.1) is 0 Å². The van der Waals surface area contributed by atoms with E-state index in [1.54, 1.807) is 6.08 Å². The Hall–Kier alpha value is -3.37. The van der Waals surface area contributed by atoms with Gasteiger partial charge in [-0.3, -0.25) is 4.79 Å². The van der Waals surface area contributed by atoms with Crippen LogP contribution in [0.1, 0.15) is 15.9 Å². The van der Waals surface area contributed by atoms with Crippen molar-refractivity contribution >= 4 is 35.2 Å². The maximum Gasteiger partial charge on any atom is 0.337 e. The van der Waals surface area contributed by atoms with Gasteiger partial charge in [-0.05, 0) is 41.0 Å². The second-order valence-electron chi connectivity index (χ2n) is 5.81. The second kappa shape index (κ2) is 8.34. The number of hydrogen-bond donors (Lipinski definition) is 2. The zero-order valence-corrected chi connectivity index (χ0v) is 15.0. The zero-order valence-electron chi connectivity index (χ0n) is 14.2. The monoisotopic (exact) mass is 377 g/mol. The fourth-order valence-electron chi connectivity index (χ4n) is 2.57. The molecule has 3 aromatic rings. The first-order valence-corrected chi connectivity index (χ1v) is 8.58. The second-order valence-corrected chi connectivity index (χ2v) is 6.24. The number of benzene rings is 3. The van der Waals surface area contributed by atoms with Crippen LogP contribution >= 0.6 is 11.6 Å². The molecular weight excluding hydrogens is 362 g/mol. The number of hydrogen-bond acceptors (Lipinski definition) is 2. The van der Waals surface area contributed by atoms with E-state index in [9.17, 15) is 14.7 Å². The van der Waals surface area contributed by atoms with E-state index >= 15 is 0 Å². The minimum absolute atomic E-state index is 0.0200. The molecular formula is C22H16ClNO3. The molecule has 0 atom stereocenters. The highest BCUT2D eigenvalue weighted by molar-refractivity contribution is 6.31. The molecule has 5 heteroatoms. The minimum atomic E-state index is -1.14. The lowest BCUT2D eigenvalue weighted by Gasteiger charge is -2.07. The topological polar surface area (TPSA) is 66.4 Å². The van der Waals surface area contributed by atoms with Crippen LogP contribution in [0.4, 0.5) is 5.69 Å². The van der Waals surface area contributed by atoms with Gasteiger partial charge in [0, 0.05) is 11.1 Å². The van der Waals surface area contributed by atoms with E-state index in [0.29, 0.717) is 5.02 Å². The van der Waals surface area contributed by atoms with E-state index in [1.807, 2.05) is 54.6 Å². The molecule has 0 aliphatic carbocycles. The summed E-state index contributed by atoms with van der Waals surface area (Å²) in [6, 6.07) is 22.0. The smallest absolute Gasteiger partial charge is 0.337 e. The van der Waals surface area contributed by atoms with Gasteiger partial charge >= 0.3 is 5.97 Å². The van der Waals surface area contributed by atoms with Crippen LogP contribution in [-0.2, 0) is 4.79 Å². The maximum absolute atomic E-state index is 12.1. The summed E-state index contributed by atoms with van der Waals surface area (Å²) in [5.41, 5.74) is 3.20. The third kappa shape index (κ3) is 4.84. The molecule has 0 bridgehead atoms. The Kier molecular flexibility index (Phi) is 5.69. The number of nitrogens with one attached hydrogen (secondary N) is 1. The average molecular weight is 378 g/mol. The standard InChI is InChI=1S/C22H16ClNO3/c23-18-11-12-19(22(26)27)20(14-18)24-21(25)13-8-15-6-9-17(10-7-15)16-4-2-1-3-5-16/h1-14H,(H,24,25)(H,26,27)/b13-8+. The summed E-state index contributed by atoms with van der Waals surface area (Å²) >= 11 is 5.88. The van der Waals surface area contributed by atoms with Crippen molar-refractivity contribution < 1.29 is 14.7 Å². The fourth-order valence-corrected chi connectivity index (χ4v) is 2.74. The zero-order chi connectivity index (χ0) is 19.2. The normalized spacial score (nSPS) is 10.7. The van der Waals surface area contributed by atoms with Gasteiger partial charge in [0.05, 0.1) is 11.3 Å². The molecule has 2 N–H and O–H groups in total. The van der Waals surface area contributed by atoms with E-state index in [2.05, 4.69) is 5.32 Å². The number of aromatic carboxylic acids is 1. The van der Waals surface area contributed by atoms with Crippen LogP contribution in [0.15, 0.2) is 78.9 Å². The van der Waals surface area contributed by atoms with E-state index in [-0.39, 0.29) is 11.3 Å². The van der Waals surface area contributed by atoms with Crippen LogP contribution in [0.2, 0.25) is 5.02 Å². The van der Waals surface area contributed by atoms with Gasteiger partial charge < -0.3 is 10.4 Å². The summed E-state index contributed by atoms with van der Waals surface area (Å²) in [6.07, 6.45) is 3.01. The van der Waals surface area contributed by atoms with Crippen molar-refractivity contribution in [3.05, 3.63) is 95.0 Å². The first-order chi connectivity index (χ1) is 13.0. The number of carbonyl (C=O) groups excluding carboxylic acids is 1. The number of amides is 1. The highest BCUT2D eigenvalue weighted by atomic mass is 35.5. The lowest BCUT2D eigenvalue weighted by atomic mass is 10.0. The highest BCUT2D eigenvalue weighted by Gasteiger charge is 2.11. The summed E-state index contributed by atoms with van der Waals surface area (Å²) in [5, 5.41) is 12.1. The van der Waals surface area contributed by atoms with Crippen LogP contribution in [0.5, 0.6) is 0 Å². The molecule has 0 radical (unpaired) electrons. The fraction of sp³-hybridized carbons (Fsp3) is 0. The number of halogens is 1. The van der Waals surface area contributed by atoms with Crippen LogP contribution in [0.25, 0.3) is 17.2 Å². The number of carboxylic acids is 1. The molecule has 0 aliphatic rings. The summed E-state index contributed by atoms with van der Waals surface area (Å²) in [5.74, 6) is -1.57. The average Bonchev–Trinajstić information content (AvgIpc) is 2.67. The van der Waals surface area contributed by atoms with Crippen LogP contribution in [-0.4, -0.2) is 17.0 Å². The predicted octanol–water partition coefficient (Wildman–Crippen LogP) is 5.36. The van der Waals surface area contributed by atoms with Gasteiger partial charge in [0.25, 0.3) is 0 Å². The lowest BCUT2D eigenvalue weighted by molar-refractivity contribution is -0.111. The van der Waals surface area contributed by atoms with Crippen LogP contribution in [0.3, 0.4) is 0 Å². The van der Waals surface area contributed by atoms with Crippen molar-refractivity contribution in [1.82, 2.24) is 0 Å². The quantitative estimate of drug-likeness (QED) is 0.588. The van der Waals surface area contributed by atoms with Crippen LogP contribution < -0.4 is 5.32 Å². The highest BCUT2D eigenvalue weighted by Crippen LogP contribution is 2.22. The third-order valence-corrected chi connectivity index (χ3v) is 4.15. The minimum Gasteiger partial charge on any atom is -0.478 e. The molecule has 0 fully saturated rings. The Morgan fingerprint density at radius 3 is 2.22 bits per heavy atom. The Balaban J connectivity index is 1.70. The molecule has 0 spiro atoms. The predicted molar refractivity (Wildman–Crippen MR) is 108 cm³/mol.